The second kappa shape index (κ2) is 6.95. The van der Waals surface area contributed by atoms with Gasteiger partial charge in [-0.15, -0.1) is 0 Å². The number of halogens is 12. The van der Waals surface area contributed by atoms with E-state index in [1.807, 2.05) is 0 Å². The minimum atomic E-state index is -7.47. The Kier molecular flexibility index (Phi) is 6.19. The molecule has 0 aromatic heterocycles. The monoisotopic (exact) mass is 516 g/mol. The first-order chi connectivity index (χ1) is 11.4. The van der Waals surface area contributed by atoms with Crippen LogP contribution in [0.2, 0.25) is 0 Å². The van der Waals surface area contributed by atoms with E-state index in [9.17, 15) is 53.4 Å². The Bertz CT molecular complexity index is 641. The van der Waals surface area contributed by atoms with Crippen molar-refractivity contribution < 1.29 is 53.4 Å². The number of rotatable bonds is 6. The van der Waals surface area contributed by atoms with Crippen molar-refractivity contribution in [3.63, 3.8) is 0 Å². The highest BCUT2D eigenvalue weighted by Gasteiger charge is 2.87. The third-order valence-electron chi connectivity index (χ3n) is 3.29. The van der Waals surface area contributed by atoms with Gasteiger partial charge in [0, 0.05) is 9.99 Å². The highest BCUT2D eigenvalue weighted by Crippen LogP contribution is 2.58. The van der Waals surface area contributed by atoms with Gasteiger partial charge in [0.2, 0.25) is 0 Å². The summed E-state index contributed by atoms with van der Waals surface area (Å²) in [6.45, 7) is 0. The first-order valence-corrected chi connectivity index (χ1v) is 7.48. The molecule has 1 N–H and O–H groups in total. The van der Waals surface area contributed by atoms with Crippen molar-refractivity contribution in [2.45, 2.75) is 42.4 Å². The third kappa shape index (κ3) is 3.87. The molecule has 0 bridgehead atoms. The maximum absolute atomic E-state index is 13.6. The van der Waals surface area contributed by atoms with E-state index in [0.29, 0.717) is 3.57 Å². The summed E-state index contributed by atoms with van der Waals surface area (Å²) in [7, 11) is 0. The molecule has 0 saturated heterocycles. The summed E-state index contributed by atoms with van der Waals surface area (Å²) >= 11 is 1.63. The normalized spacial score (nSPS) is 15.9. The standard InChI is InChI=1S/C13H8F11IO/c14-9(15,5-8(26)6-2-1-3-7(25)4-6)10(16,17)11(18,19)12(20,21)13(22,23)24/h1-4,8,26H,5H2. The Hall–Kier alpha value is -0.860. The van der Waals surface area contributed by atoms with E-state index in [1.165, 1.54) is 12.1 Å². The summed E-state index contributed by atoms with van der Waals surface area (Å²) in [5, 5.41) is 9.50. The van der Waals surface area contributed by atoms with Crippen molar-refractivity contribution in [3.8, 4) is 0 Å². The third-order valence-corrected chi connectivity index (χ3v) is 3.96. The van der Waals surface area contributed by atoms with Crippen LogP contribution in [0.1, 0.15) is 18.1 Å². The van der Waals surface area contributed by atoms with E-state index < -0.39 is 48.0 Å². The van der Waals surface area contributed by atoms with Crippen LogP contribution in [-0.4, -0.2) is 35.0 Å². The van der Waals surface area contributed by atoms with Gasteiger partial charge in [0.1, 0.15) is 0 Å². The molecule has 0 fully saturated rings. The predicted octanol–water partition coefficient (Wildman–Crippen LogP) is 5.82. The second-order valence-electron chi connectivity index (χ2n) is 5.20. The molecule has 0 radical (unpaired) electrons. The minimum Gasteiger partial charge on any atom is -0.388 e. The Morgan fingerprint density at radius 3 is 1.73 bits per heavy atom. The minimum absolute atomic E-state index is 0.322. The van der Waals surface area contributed by atoms with Crippen LogP contribution in [0.25, 0.3) is 0 Å². The van der Waals surface area contributed by atoms with Gasteiger partial charge < -0.3 is 5.11 Å². The van der Waals surface area contributed by atoms with E-state index >= 15 is 0 Å². The van der Waals surface area contributed by atoms with Crippen molar-refractivity contribution >= 4 is 22.6 Å². The zero-order chi connectivity index (χ0) is 20.8. The summed E-state index contributed by atoms with van der Waals surface area (Å²) < 4.78 is 142. The molecule has 1 aromatic carbocycles. The lowest BCUT2D eigenvalue weighted by molar-refractivity contribution is -0.423. The number of benzene rings is 1. The number of aliphatic hydroxyl groups is 1. The van der Waals surface area contributed by atoms with E-state index in [-0.39, 0.29) is 0 Å². The molecule has 1 unspecified atom stereocenters. The number of alkyl halides is 11. The summed E-state index contributed by atoms with van der Waals surface area (Å²) in [5.74, 6) is -28.1. The molecule has 0 saturated carbocycles. The zero-order valence-corrected chi connectivity index (χ0v) is 14.2. The Morgan fingerprint density at radius 2 is 1.31 bits per heavy atom. The van der Waals surface area contributed by atoms with Gasteiger partial charge in [-0.2, -0.15) is 48.3 Å². The maximum atomic E-state index is 13.6. The fraction of sp³-hybridized carbons (Fsp3) is 0.538. The van der Waals surface area contributed by atoms with Gasteiger partial charge in [-0.25, -0.2) is 0 Å². The number of aliphatic hydroxyl groups excluding tert-OH is 1. The van der Waals surface area contributed by atoms with E-state index in [4.69, 9.17) is 0 Å². The van der Waals surface area contributed by atoms with Gasteiger partial charge in [0.15, 0.2) is 0 Å². The molecule has 0 aliphatic carbocycles. The first kappa shape index (κ1) is 23.2. The quantitative estimate of drug-likeness (QED) is 0.374. The van der Waals surface area contributed by atoms with Gasteiger partial charge in [-0.05, 0) is 40.3 Å². The fourth-order valence-corrected chi connectivity index (χ4v) is 2.37. The molecule has 1 aromatic rings. The topological polar surface area (TPSA) is 20.2 Å². The van der Waals surface area contributed by atoms with E-state index in [1.54, 1.807) is 22.6 Å². The lowest BCUT2D eigenvalue weighted by Gasteiger charge is -2.37. The van der Waals surface area contributed by atoms with Crippen LogP contribution >= 0.6 is 22.6 Å². The molecule has 1 rings (SSSR count). The molecule has 26 heavy (non-hydrogen) atoms. The molecule has 0 aliphatic heterocycles. The average molecular weight is 516 g/mol. The van der Waals surface area contributed by atoms with Gasteiger partial charge in [0.25, 0.3) is 0 Å². The van der Waals surface area contributed by atoms with Crippen LogP contribution in [0.5, 0.6) is 0 Å². The second-order valence-corrected chi connectivity index (χ2v) is 6.45. The van der Waals surface area contributed by atoms with Crippen molar-refractivity contribution in [1.29, 1.82) is 0 Å². The lowest BCUT2D eigenvalue weighted by Crippen LogP contribution is -2.66. The van der Waals surface area contributed by atoms with Crippen LogP contribution < -0.4 is 0 Å². The highest BCUT2D eigenvalue weighted by atomic mass is 127. The van der Waals surface area contributed by atoms with Gasteiger partial charge >= 0.3 is 29.9 Å². The SMILES string of the molecule is OC(CC(F)(F)C(F)(F)C(F)(F)C(F)(F)C(F)(F)F)c1cccc(I)c1. The molecular formula is C13H8F11IO. The van der Waals surface area contributed by atoms with Crippen molar-refractivity contribution in [1.82, 2.24) is 0 Å². The Balaban J connectivity index is 3.23. The average Bonchev–Trinajstić information content (AvgIpc) is 2.44. The molecule has 0 aliphatic rings. The van der Waals surface area contributed by atoms with Crippen LogP contribution in [0.15, 0.2) is 24.3 Å². The number of hydrogen-bond donors (Lipinski definition) is 1. The van der Waals surface area contributed by atoms with Gasteiger partial charge in [0.05, 0.1) is 6.10 Å². The molecule has 1 nitrogen and oxygen atoms in total. The first-order valence-electron chi connectivity index (χ1n) is 6.40. The molecule has 13 heteroatoms. The lowest BCUT2D eigenvalue weighted by atomic mass is 9.92. The largest absolute Gasteiger partial charge is 0.460 e. The van der Waals surface area contributed by atoms with Crippen LogP contribution in [0, 0.1) is 3.57 Å². The Morgan fingerprint density at radius 1 is 0.808 bits per heavy atom. The van der Waals surface area contributed by atoms with Crippen LogP contribution in [-0.2, 0) is 0 Å². The van der Waals surface area contributed by atoms with Crippen molar-refractivity contribution in [3.05, 3.63) is 33.4 Å². The zero-order valence-electron chi connectivity index (χ0n) is 12.1. The molecule has 0 heterocycles. The summed E-state index contributed by atoms with van der Waals surface area (Å²) in [5.41, 5.74) is -0.446. The van der Waals surface area contributed by atoms with E-state index in [0.717, 1.165) is 12.1 Å². The fourth-order valence-electron chi connectivity index (χ4n) is 1.81. The van der Waals surface area contributed by atoms with Crippen molar-refractivity contribution in [2.75, 3.05) is 0 Å². The molecule has 150 valence electrons. The van der Waals surface area contributed by atoms with Gasteiger partial charge in [-0.3, -0.25) is 0 Å². The number of hydrogen-bond acceptors (Lipinski definition) is 1. The van der Waals surface area contributed by atoms with Crippen LogP contribution in [0.3, 0.4) is 0 Å². The molecule has 1 atom stereocenters. The van der Waals surface area contributed by atoms with Crippen LogP contribution in [0.4, 0.5) is 48.3 Å². The Labute approximate surface area is 152 Å². The van der Waals surface area contributed by atoms with Gasteiger partial charge in [-0.1, -0.05) is 12.1 Å². The molecule has 0 amide bonds. The summed E-state index contributed by atoms with van der Waals surface area (Å²) in [6, 6.07) is 4.52. The van der Waals surface area contributed by atoms with Crippen molar-refractivity contribution in [2.24, 2.45) is 0 Å². The highest BCUT2D eigenvalue weighted by molar-refractivity contribution is 14.1. The molecular weight excluding hydrogens is 508 g/mol. The predicted molar refractivity (Wildman–Crippen MR) is 74.6 cm³/mol. The maximum Gasteiger partial charge on any atom is 0.460 e. The molecule has 0 spiro atoms. The summed E-state index contributed by atoms with van der Waals surface area (Å²) in [6.07, 6.45) is -12.2. The summed E-state index contributed by atoms with van der Waals surface area (Å²) in [4.78, 5) is 0. The van der Waals surface area contributed by atoms with E-state index in [2.05, 4.69) is 0 Å². The smallest absolute Gasteiger partial charge is 0.388 e.